The number of nitrogens with zero attached hydrogens (tertiary/aromatic N) is 5. The van der Waals surface area contributed by atoms with Crippen LogP contribution in [0.2, 0.25) is 0 Å². The molecule has 3 rings (SSSR count). The first-order valence-electron chi connectivity index (χ1n) is 8.33. The number of aromatic nitrogens is 3. The molecule has 0 fully saturated rings. The molecule has 26 heavy (non-hydrogen) atoms. The van der Waals surface area contributed by atoms with Gasteiger partial charge in [0.25, 0.3) is 5.95 Å². The number of aryl methyl sites for hydroxylation is 2. The highest BCUT2D eigenvalue weighted by Gasteiger charge is 2.09. The summed E-state index contributed by atoms with van der Waals surface area (Å²) in [5.41, 5.74) is 11.7. The van der Waals surface area contributed by atoms with E-state index >= 15 is 0 Å². The Kier molecular flexibility index (Phi) is 4.93. The molecular weight excluding hydrogens is 324 g/mol. The van der Waals surface area contributed by atoms with E-state index in [9.17, 15) is 0 Å². The summed E-state index contributed by atoms with van der Waals surface area (Å²) in [5, 5.41) is 0. The predicted octanol–water partition coefficient (Wildman–Crippen LogP) is 3.33. The molecule has 132 valence electrons. The van der Waals surface area contributed by atoms with Crippen molar-refractivity contribution in [1.82, 2.24) is 19.9 Å². The molecule has 1 aromatic carbocycles. The monoisotopic (exact) mass is 346 g/mol. The van der Waals surface area contributed by atoms with Crippen LogP contribution in [0, 0.1) is 13.8 Å². The lowest BCUT2D eigenvalue weighted by Gasteiger charge is -2.10. The Morgan fingerprint density at radius 3 is 2.31 bits per heavy atom. The highest BCUT2D eigenvalue weighted by atomic mass is 15.2. The van der Waals surface area contributed by atoms with Crippen LogP contribution in [-0.4, -0.2) is 39.9 Å². The van der Waals surface area contributed by atoms with Crippen LogP contribution in [0.15, 0.2) is 53.7 Å². The summed E-state index contributed by atoms with van der Waals surface area (Å²) in [4.78, 5) is 19.3. The second-order valence-corrected chi connectivity index (χ2v) is 6.30. The number of aliphatic imine (C=N–C) groups is 1. The summed E-state index contributed by atoms with van der Waals surface area (Å²) >= 11 is 0. The van der Waals surface area contributed by atoms with Crippen LogP contribution in [0.3, 0.4) is 0 Å². The summed E-state index contributed by atoms with van der Waals surface area (Å²) in [7, 11) is 3.64. The zero-order valence-corrected chi connectivity index (χ0v) is 15.4. The molecule has 0 atom stereocenters. The first kappa shape index (κ1) is 17.5. The highest BCUT2D eigenvalue weighted by molar-refractivity contribution is 5.79. The Balaban J connectivity index is 1.95. The van der Waals surface area contributed by atoms with Crippen molar-refractivity contribution in [2.45, 2.75) is 13.8 Å². The van der Waals surface area contributed by atoms with Crippen LogP contribution < -0.4 is 5.73 Å². The molecule has 2 heterocycles. The van der Waals surface area contributed by atoms with E-state index in [0.717, 1.165) is 28.2 Å². The Morgan fingerprint density at radius 1 is 0.923 bits per heavy atom. The van der Waals surface area contributed by atoms with Gasteiger partial charge in [-0.3, -0.25) is 4.98 Å². The maximum atomic E-state index is 5.85. The average Bonchev–Trinajstić information content (AvgIpc) is 2.62. The molecule has 6 nitrogen and oxygen atoms in total. The number of pyridine rings is 1. The molecule has 0 aliphatic rings. The lowest BCUT2D eigenvalue weighted by Crippen LogP contribution is -2.30. The van der Waals surface area contributed by atoms with Crippen LogP contribution in [0.5, 0.6) is 0 Å². The van der Waals surface area contributed by atoms with Crippen molar-refractivity contribution in [3.8, 4) is 22.5 Å². The van der Waals surface area contributed by atoms with Gasteiger partial charge in [-0.25, -0.2) is 9.97 Å². The van der Waals surface area contributed by atoms with Crippen molar-refractivity contribution in [1.29, 1.82) is 0 Å². The molecule has 0 aliphatic heterocycles. The quantitative estimate of drug-likeness (QED) is 0.581. The van der Waals surface area contributed by atoms with Crippen molar-refractivity contribution < 1.29 is 0 Å². The van der Waals surface area contributed by atoms with Crippen LogP contribution in [-0.2, 0) is 0 Å². The molecule has 0 amide bonds. The van der Waals surface area contributed by atoms with E-state index < -0.39 is 0 Å². The number of benzene rings is 1. The van der Waals surface area contributed by atoms with Gasteiger partial charge in [0.2, 0.25) is 0 Å². The molecule has 0 unspecified atom stereocenters. The minimum Gasteiger partial charge on any atom is -0.369 e. The predicted molar refractivity (Wildman–Crippen MR) is 105 cm³/mol. The number of guanidine groups is 1. The van der Waals surface area contributed by atoms with Crippen LogP contribution >= 0.6 is 0 Å². The third-order valence-electron chi connectivity index (χ3n) is 4.02. The first-order valence-corrected chi connectivity index (χ1v) is 8.33. The third kappa shape index (κ3) is 3.85. The van der Waals surface area contributed by atoms with Crippen molar-refractivity contribution in [2.24, 2.45) is 10.7 Å². The molecule has 2 N–H and O–H groups in total. The highest BCUT2D eigenvalue weighted by Crippen LogP contribution is 2.25. The van der Waals surface area contributed by atoms with Gasteiger partial charge in [0, 0.05) is 37.1 Å². The molecule has 6 heteroatoms. The van der Waals surface area contributed by atoms with Crippen molar-refractivity contribution in [3.63, 3.8) is 0 Å². The lowest BCUT2D eigenvalue weighted by atomic mass is 10.1. The van der Waals surface area contributed by atoms with Gasteiger partial charge in [-0.1, -0.05) is 29.8 Å². The largest absolute Gasteiger partial charge is 0.369 e. The van der Waals surface area contributed by atoms with E-state index in [2.05, 4.69) is 46.1 Å². The van der Waals surface area contributed by atoms with E-state index in [-0.39, 0.29) is 0 Å². The van der Waals surface area contributed by atoms with Gasteiger partial charge in [0.1, 0.15) is 0 Å². The molecule has 0 bridgehead atoms. The Hall–Kier alpha value is -3.28. The van der Waals surface area contributed by atoms with Gasteiger partial charge in [-0.05, 0) is 32.0 Å². The Bertz CT molecular complexity index is 945. The number of hydrogen-bond donors (Lipinski definition) is 1. The molecule has 2 aromatic heterocycles. The molecule has 0 radical (unpaired) electrons. The van der Waals surface area contributed by atoms with Crippen molar-refractivity contribution in [2.75, 3.05) is 14.1 Å². The summed E-state index contributed by atoms with van der Waals surface area (Å²) in [5.74, 6) is 0.683. The Labute approximate surface area is 153 Å². The third-order valence-corrected chi connectivity index (χ3v) is 4.02. The minimum absolute atomic E-state index is 0.329. The van der Waals surface area contributed by atoms with Gasteiger partial charge in [0.15, 0.2) is 5.96 Å². The second kappa shape index (κ2) is 7.31. The van der Waals surface area contributed by atoms with Crippen LogP contribution in [0.1, 0.15) is 11.3 Å². The van der Waals surface area contributed by atoms with E-state index in [1.807, 2.05) is 39.2 Å². The van der Waals surface area contributed by atoms with Gasteiger partial charge in [-0.15, -0.1) is 0 Å². The minimum atomic E-state index is 0.329. The van der Waals surface area contributed by atoms with Gasteiger partial charge < -0.3 is 10.6 Å². The van der Waals surface area contributed by atoms with E-state index in [4.69, 9.17) is 10.7 Å². The Morgan fingerprint density at radius 2 is 1.65 bits per heavy atom. The SMILES string of the molecule is Cc1ccc(-c2ccc(-c3ccnc(/N=C(/N)N(C)C)n3)c(C)n2)cc1. The summed E-state index contributed by atoms with van der Waals surface area (Å²) in [6.45, 7) is 4.05. The fourth-order valence-electron chi connectivity index (χ4n) is 2.47. The average molecular weight is 346 g/mol. The summed E-state index contributed by atoms with van der Waals surface area (Å²) < 4.78 is 0. The van der Waals surface area contributed by atoms with Crippen LogP contribution in [0.4, 0.5) is 5.95 Å². The maximum absolute atomic E-state index is 5.85. The van der Waals surface area contributed by atoms with Crippen LogP contribution in [0.25, 0.3) is 22.5 Å². The van der Waals surface area contributed by atoms with Crippen molar-refractivity contribution in [3.05, 3.63) is 59.9 Å². The van der Waals surface area contributed by atoms with Crippen molar-refractivity contribution >= 4 is 11.9 Å². The molecular formula is C20H22N6. The van der Waals surface area contributed by atoms with E-state index in [1.54, 1.807) is 11.1 Å². The molecule has 0 saturated heterocycles. The van der Waals surface area contributed by atoms with E-state index in [0.29, 0.717) is 11.9 Å². The molecule has 0 spiro atoms. The number of hydrogen-bond acceptors (Lipinski definition) is 4. The van der Waals surface area contributed by atoms with Gasteiger partial charge >= 0.3 is 0 Å². The molecule has 0 saturated carbocycles. The fourth-order valence-corrected chi connectivity index (χ4v) is 2.47. The van der Waals surface area contributed by atoms with Gasteiger partial charge in [0.05, 0.1) is 11.4 Å². The standard InChI is InChI=1S/C20H22N6/c1-13-5-7-15(8-6-13)17-10-9-16(14(2)23-17)18-11-12-22-20(24-18)25-19(21)26(3)4/h5-12H,1-4H3,(H2,21,22,24,25). The van der Waals surface area contributed by atoms with Gasteiger partial charge in [-0.2, -0.15) is 4.99 Å². The normalized spacial score (nSPS) is 11.5. The smallest absolute Gasteiger partial charge is 0.253 e. The second-order valence-electron chi connectivity index (χ2n) is 6.30. The van der Waals surface area contributed by atoms with E-state index in [1.165, 1.54) is 5.56 Å². The number of nitrogens with two attached hydrogens (primary N) is 1. The molecule has 3 aromatic rings. The topological polar surface area (TPSA) is 80.3 Å². The molecule has 0 aliphatic carbocycles. The fraction of sp³-hybridized carbons (Fsp3) is 0.200. The zero-order valence-electron chi connectivity index (χ0n) is 15.4. The summed E-state index contributed by atoms with van der Waals surface area (Å²) in [6.07, 6.45) is 1.68. The number of rotatable bonds is 3. The zero-order chi connectivity index (χ0) is 18.7. The summed E-state index contributed by atoms with van der Waals surface area (Å²) in [6, 6.07) is 14.2. The maximum Gasteiger partial charge on any atom is 0.253 e. The first-order chi connectivity index (χ1) is 12.4. The lowest BCUT2D eigenvalue weighted by molar-refractivity contribution is 0.614.